The number of nitrogens with zero attached hydrogens (tertiary/aromatic N) is 2. The summed E-state index contributed by atoms with van der Waals surface area (Å²) < 4.78 is 4.70. The Labute approximate surface area is 410 Å². The van der Waals surface area contributed by atoms with Crippen molar-refractivity contribution in [2.24, 2.45) is 14.1 Å². The molecule has 1 spiro atoms. The third kappa shape index (κ3) is 4.96. The summed E-state index contributed by atoms with van der Waals surface area (Å²) in [6.07, 6.45) is 0. The van der Waals surface area contributed by atoms with Crippen LogP contribution in [0.1, 0.15) is 22.3 Å². The highest BCUT2D eigenvalue weighted by molar-refractivity contribution is 6.22. The van der Waals surface area contributed by atoms with E-state index < -0.39 is 5.41 Å². The van der Waals surface area contributed by atoms with Crippen LogP contribution >= 0.6 is 0 Å². The van der Waals surface area contributed by atoms with Crippen molar-refractivity contribution in [1.82, 2.24) is 9.13 Å². The van der Waals surface area contributed by atoms with Crippen molar-refractivity contribution >= 4 is 75.9 Å². The van der Waals surface area contributed by atoms with E-state index in [4.69, 9.17) is 0 Å². The molecule has 0 saturated carbocycles. The number of hydrogen-bond acceptors (Lipinski definition) is 0. The van der Waals surface area contributed by atoms with Gasteiger partial charge in [-0.25, -0.2) is 0 Å². The number of aromatic nitrogens is 2. The molecule has 0 amide bonds. The summed E-state index contributed by atoms with van der Waals surface area (Å²) in [6, 6.07) is 87.6. The Hall–Kier alpha value is -8.98. The molecule has 12 aromatic carbocycles. The molecular weight excluding hydrogens is 857 g/mol. The van der Waals surface area contributed by atoms with Gasteiger partial charge in [0.25, 0.3) is 0 Å². The number of aryl methyl sites for hydroxylation is 2. The molecule has 2 aliphatic rings. The van der Waals surface area contributed by atoms with E-state index in [1.54, 1.807) is 0 Å². The number of rotatable bonds is 3. The van der Waals surface area contributed by atoms with Gasteiger partial charge in [-0.15, -0.1) is 0 Å². The van der Waals surface area contributed by atoms with Crippen molar-refractivity contribution in [3.8, 4) is 55.6 Å². The SMILES string of the molecule is Cn1c2ccccc2c2ccc(-c3cccc4c(-c5cccc6c5-c5ccccc5C65c6ccccc6-c6ccc7ccccc7c65)c5cccc(-c6ccc7c8ccccc8n(C)c7c6)c5cc34)cc21. The Morgan fingerprint density at radius 1 is 0.268 bits per heavy atom. The van der Waals surface area contributed by atoms with Crippen LogP contribution in [0.2, 0.25) is 0 Å². The summed E-state index contributed by atoms with van der Waals surface area (Å²) in [5.41, 5.74) is 22.6. The van der Waals surface area contributed by atoms with E-state index >= 15 is 0 Å². The number of hydrogen-bond donors (Lipinski definition) is 0. The second-order valence-electron chi connectivity index (χ2n) is 19.9. The minimum Gasteiger partial charge on any atom is -0.344 e. The van der Waals surface area contributed by atoms with Gasteiger partial charge in [-0.1, -0.05) is 200 Å². The standard InChI is InChI=1S/C69H44N2/c1-70-62-30-11-7-19-48(62)50-35-33-42(38-64(50)70)44-22-13-24-52-57(44)40-58-45(43-34-36-51-49-20-8-12-31-63(49)71(2)65(51)39-43)23-14-25-53(58)66(52)56-26-15-29-61-67(56)55-21-6-10-28-60(55)69(61)59-27-9-5-18-47(59)54-37-32-41-16-3-4-17-46(41)68(54)69/h3-40H,1-2H3. The molecule has 2 aromatic heterocycles. The highest BCUT2D eigenvalue weighted by atomic mass is 14.9. The van der Waals surface area contributed by atoms with Gasteiger partial charge in [-0.2, -0.15) is 0 Å². The molecule has 2 nitrogen and oxygen atoms in total. The highest BCUT2D eigenvalue weighted by Gasteiger charge is 2.53. The monoisotopic (exact) mass is 900 g/mol. The van der Waals surface area contributed by atoms with E-state index in [9.17, 15) is 0 Å². The second kappa shape index (κ2) is 14.1. The van der Waals surface area contributed by atoms with Crippen LogP contribution in [0.15, 0.2) is 231 Å². The first-order valence-electron chi connectivity index (χ1n) is 24.9. The fourth-order valence-electron chi connectivity index (χ4n) is 13.8. The summed E-state index contributed by atoms with van der Waals surface area (Å²) in [5.74, 6) is 0. The topological polar surface area (TPSA) is 9.86 Å². The zero-order chi connectivity index (χ0) is 46.7. The molecule has 2 heterocycles. The van der Waals surface area contributed by atoms with Crippen molar-refractivity contribution < 1.29 is 0 Å². The van der Waals surface area contributed by atoms with Gasteiger partial charge in [0.05, 0.1) is 5.41 Å². The molecule has 330 valence electrons. The largest absolute Gasteiger partial charge is 0.344 e. The van der Waals surface area contributed by atoms with E-state index in [-0.39, 0.29) is 0 Å². The maximum atomic E-state index is 2.50. The summed E-state index contributed by atoms with van der Waals surface area (Å²) in [4.78, 5) is 0. The third-order valence-electron chi connectivity index (χ3n) is 16.8. The number of benzene rings is 12. The van der Waals surface area contributed by atoms with Gasteiger partial charge in [0.1, 0.15) is 0 Å². The maximum Gasteiger partial charge on any atom is 0.0731 e. The zero-order valence-corrected chi connectivity index (χ0v) is 39.3. The van der Waals surface area contributed by atoms with Gasteiger partial charge in [0.2, 0.25) is 0 Å². The Balaban J connectivity index is 1.03. The second-order valence-corrected chi connectivity index (χ2v) is 19.9. The molecule has 0 radical (unpaired) electrons. The molecule has 0 saturated heterocycles. The number of para-hydroxylation sites is 2. The molecule has 0 fully saturated rings. The predicted octanol–water partition coefficient (Wildman–Crippen LogP) is 17.8. The van der Waals surface area contributed by atoms with E-state index in [0.29, 0.717) is 0 Å². The van der Waals surface area contributed by atoms with Crippen molar-refractivity contribution in [3.63, 3.8) is 0 Å². The van der Waals surface area contributed by atoms with Crippen LogP contribution in [0.3, 0.4) is 0 Å². The van der Waals surface area contributed by atoms with Crippen molar-refractivity contribution in [1.29, 1.82) is 0 Å². The minimum atomic E-state index is -0.506. The van der Waals surface area contributed by atoms with Gasteiger partial charge in [-0.05, 0) is 141 Å². The van der Waals surface area contributed by atoms with E-state index in [2.05, 4.69) is 254 Å². The minimum absolute atomic E-state index is 0.506. The van der Waals surface area contributed by atoms with E-state index in [0.717, 1.165) is 0 Å². The highest BCUT2D eigenvalue weighted by Crippen LogP contribution is 2.65. The lowest BCUT2D eigenvalue weighted by molar-refractivity contribution is 0.801. The molecule has 2 aliphatic carbocycles. The van der Waals surface area contributed by atoms with Crippen molar-refractivity contribution in [3.05, 3.63) is 253 Å². The van der Waals surface area contributed by atoms with Gasteiger partial charge >= 0.3 is 0 Å². The molecule has 16 rings (SSSR count). The molecule has 1 unspecified atom stereocenters. The normalized spacial score (nSPS) is 14.7. The number of fused-ring (bicyclic) bond motifs is 20. The van der Waals surface area contributed by atoms with Crippen LogP contribution in [-0.2, 0) is 19.5 Å². The lowest BCUT2D eigenvalue weighted by Gasteiger charge is -2.31. The van der Waals surface area contributed by atoms with Crippen molar-refractivity contribution in [2.45, 2.75) is 5.41 Å². The van der Waals surface area contributed by atoms with Gasteiger partial charge in [-0.3, -0.25) is 0 Å². The Bertz CT molecular complexity index is 4500. The van der Waals surface area contributed by atoms with Crippen LogP contribution in [-0.4, -0.2) is 9.13 Å². The summed E-state index contributed by atoms with van der Waals surface area (Å²) >= 11 is 0. The molecule has 71 heavy (non-hydrogen) atoms. The fourth-order valence-corrected chi connectivity index (χ4v) is 13.8. The van der Waals surface area contributed by atoms with Crippen LogP contribution in [0.5, 0.6) is 0 Å². The third-order valence-corrected chi connectivity index (χ3v) is 16.8. The van der Waals surface area contributed by atoms with E-state index in [1.807, 2.05) is 0 Å². The van der Waals surface area contributed by atoms with Crippen LogP contribution in [0.25, 0.3) is 132 Å². The first-order chi connectivity index (χ1) is 35.1. The molecule has 1 atom stereocenters. The Morgan fingerprint density at radius 3 is 1.38 bits per heavy atom. The molecular formula is C69H44N2. The quantitative estimate of drug-likeness (QED) is 0.156. The molecule has 14 aromatic rings. The lowest BCUT2D eigenvalue weighted by atomic mass is 9.69. The lowest BCUT2D eigenvalue weighted by Crippen LogP contribution is -2.26. The average molecular weight is 901 g/mol. The summed E-state index contributed by atoms with van der Waals surface area (Å²) in [7, 11) is 4.40. The van der Waals surface area contributed by atoms with Crippen molar-refractivity contribution in [2.75, 3.05) is 0 Å². The average Bonchev–Trinajstić information content (AvgIpc) is 4.11. The molecule has 0 N–H and O–H groups in total. The smallest absolute Gasteiger partial charge is 0.0731 e. The van der Waals surface area contributed by atoms with E-state index in [1.165, 1.54) is 154 Å². The van der Waals surface area contributed by atoms with Crippen LogP contribution < -0.4 is 0 Å². The summed E-state index contributed by atoms with van der Waals surface area (Å²) in [6.45, 7) is 0. The Kier molecular flexibility index (Phi) is 7.71. The van der Waals surface area contributed by atoms with Gasteiger partial charge < -0.3 is 9.13 Å². The first kappa shape index (κ1) is 38.9. The van der Waals surface area contributed by atoms with Gasteiger partial charge in [0.15, 0.2) is 0 Å². The van der Waals surface area contributed by atoms with Crippen LogP contribution in [0, 0.1) is 0 Å². The molecule has 0 aliphatic heterocycles. The summed E-state index contributed by atoms with van der Waals surface area (Å²) in [5, 5.41) is 12.7. The first-order valence-corrected chi connectivity index (χ1v) is 24.9. The molecule has 0 bridgehead atoms. The fraction of sp³-hybridized carbons (Fsp3) is 0.0435. The maximum absolute atomic E-state index is 2.50. The predicted molar refractivity (Wildman–Crippen MR) is 300 cm³/mol. The Morgan fingerprint density at radius 2 is 0.732 bits per heavy atom. The zero-order valence-electron chi connectivity index (χ0n) is 39.3. The van der Waals surface area contributed by atoms with Crippen LogP contribution in [0.4, 0.5) is 0 Å². The van der Waals surface area contributed by atoms with Gasteiger partial charge in [0, 0.05) is 57.7 Å². The molecule has 2 heteroatoms.